The second-order valence-electron chi connectivity index (χ2n) is 8.63. The van der Waals surface area contributed by atoms with Crippen LogP contribution in [0.15, 0.2) is 11.0 Å². The van der Waals surface area contributed by atoms with Crippen molar-refractivity contribution in [3.05, 3.63) is 33.6 Å². The van der Waals surface area contributed by atoms with Crippen molar-refractivity contribution in [1.29, 1.82) is 0 Å². The van der Waals surface area contributed by atoms with Crippen LogP contribution in [0.1, 0.15) is 55.9 Å². The highest BCUT2D eigenvalue weighted by Gasteiger charge is 2.42. The molecule has 3 atom stereocenters. The summed E-state index contributed by atoms with van der Waals surface area (Å²) in [4.78, 5) is 26.0. The molecule has 0 spiro atoms. The van der Waals surface area contributed by atoms with Gasteiger partial charge in [0.1, 0.15) is 11.3 Å². The molecule has 2 heterocycles. The highest BCUT2D eigenvalue weighted by atomic mass is 19.1. The minimum Gasteiger partial charge on any atom is -0.477 e. The quantitative estimate of drug-likeness (QED) is 0.602. The third-order valence-electron chi connectivity index (χ3n) is 6.99. The van der Waals surface area contributed by atoms with Gasteiger partial charge < -0.3 is 26.0 Å². The maximum atomic E-state index is 16.0. The molecule has 9 heteroatoms. The molecule has 1 saturated heterocycles. The zero-order valence-corrected chi connectivity index (χ0v) is 17.7. The molecule has 1 aromatic heterocycles. The number of nitrogens with two attached hydrogens (primary N) is 2. The molecule has 5 N–H and O–H groups in total. The van der Waals surface area contributed by atoms with Gasteiger partial charge >= 0.3 is 5.97 Å². The minimum absolute atomic E-state index is 0.129. The number of halogens is 2. The van der Waals surface area contributed by atoms with Gasteiger partial charge in [-0.2, -0.15) is 0 Å². The van der Waals surface area contributed by atoms with Crippen LogP contribution in [0.3, 0.4) is 0 Å². The van der Waals surface area contributed by atoms with Gasteiger partial charge in [0.2, 0.25) is 5.43 Å². The molecule has 4 rings (SSSR count). The molecular formula is C22H28F2N4O3. The number of hydrogen-bond donors (Lipinski definition) is 3. The summed E-state index contributed by atoms with van der Waals surface area (Å²) in [6, 6.07) is -0.403. The normalized spacial score (nSPS) is 23.6. The lowest BCUT2D eigenvalue weighted by Crippen LogP contribution is -2.40. The van der Waals surface area contributed by atoms with E-state index in [0.717, 1.165) is 19.0 Å². The first-order chi connectivity index (χ1) is 14.8. The van der Waals surface area contributed by atoms with Crippen LogP contribution in [0.5, 0.6) is 0 Å². The van der Waals surface area contributed by atoms with Crippen LogP contribution in [0.25, 0.3) is 10.9 Å². The van der Waals surface area contributed by atoms with Gasteiger partial charge in [0.15, 0.2) is 11.6 Å². The topological polar surface area (TPSA) is 115 Å². The molecule has 2 aromatic rings. The Morgan fingerprint density at radius 3 is 2.42 bits per heavy atom. The number of nitrogens with zero attached hydrogens (tertiary/aromatic N) is 2. The molecule has 2 fully saturated rings. The number of carboxylic acids is 1. The Balaban J connectivity index is 2.03. The second-order valence-corrected chi connectivity index (χ2v) is 8.63. The zero-order chi connectivity index (χ0) is 22.6. The number of carbonyl (C=O) groups is 1. The van der Waals surface area contributed by atoms with E-state index in [4.69, 9.17) is 11.5 Å². The predicted molar refractivity (Wildman–Crippen MR) is 116 cm³/mol. The van der Waals surface area contributed by atoms with Gasteiger partial charge in [-0.25, -0.2) is 13.6 Å². The van der Waals surface area contributed by atoms with Crippen LogP contribution in [0, 0.1) is 23.5 Å². The average Bonchev–Trinajstić information content (AvgIpc) is 3.52. The van der Waals surface area contributed by atoms with Gasteiger partial charge in [-0.1, -0.05) is 26.7 Å². The van der Waals surface area contributed by atoms with Crippen molar-refractivity contribution >= 4 is 28.2 Å². The third kappa shape index (κ3) is 3.17. The number of nitrogen functional groups attached to an aromatic ring is 1. The third-order valence-corrected chi connectivity index (χ3v) is 6.99. The van der Waals surface area contributed by atoms with Crippen LogP contribution >= 0.6 is 0 Å². The van der Waals surface area contributed by atoms with Crippen LogP contribution in [0.4, 0.5) is 20.2 Å². The molecule has 7 nitrogen and oxygen atoms in total. The average molecular weight is 434 g/mol. The Morgan fingerprint density at radius 2 is 1.90 bits per heavy atom. The van der Waals surface area contributed by atoms with E-state index in [-0.39, 0.29) is 41.7 Å². The summed E-state index contributed by atoms with van der Waals surface area (Å²) in [6.07, 6.45) is 4.27. The first-order valence-corrected chi connectivity index (χ1v) is 10.8. The van der Waals surface area contributed by atoms with Gasteiger partial charge in [0.05, 0.1) is 16.6 Å². The van der Waals surface area contributed by atoms with Crippen LogP contribution in [0.2, 0.25) is 0 Å². The first kappa shape index (κ1) is 21.5. The van der Waals surface area contributed by atoms with Crippen molar-refractivity contribution < 1.29 is 18.7 Å². The molecule has 0 bridgehead atoms. The van der Waals surface area contributed by atoms with Crippen molar-refractivity contribution in [3.8, 4) is 0 Å². The van der Waals surface area contributed by atoms with E-state index in [0.29, 0.717) is 19.4 Å². The second kappa shape index (κ2) is 7.78. The number of carboxylic acid groups (broad SMARTS) is 1. The van der Waals surface area contributed by atoms with Gasteiger partial charge in [0.25, 0.3) is 0 Å². The molecule has 0 amide bonds. The first-order valence-electron chi connectivity index (χ1n) is 10.8. The van der Waals surface area contributed by atoms with Gasteiger partial charge in [-0.3, -0.25) is 4.79 Å². The van der Waals surface area contributed by atoms with Crippen molar-refractivity contribution in [2.75, 3.05) is 23.7 Å². The molecule has 1 saturated carbocycles. The van der Waals surface area contributed by atoms with E-state index in [1.807, 2.05) is 13.8 Å². The highest BCUT2D eigenvalue weighted by molar-refractivity contribution is 5.99. The molecular weight excluding hydrogens is 406 g/mol. The maximum absolute atomic E-state index is 16.0. The minimum atomic E-state index is -1.45. The number of pyridine rings is 1. The summed E-state index contributed by atoms with van der Waals surface area (Å²) >= 11 is 0. The van der Waals surface area contributed by atoms with Crippen LogP contribution < -0.4 is 21.8 Å². The van der Waals surface area contributed by atoms with Crippen LogP contribution in [-0.2, 0) is 0 Å². The lowest BCUT2D eigenvalue weighted by atomic mass is 9.86. The fraction of sp³-hybridized carbons (Fsp3) is 0.545. The lowest BCUT2D eigenvalue weighted by Gasteiger charge is -2.30. The van der Waals surface area contributed by atoms with E-state index in [1.165, 1.54) is 4.57 Å². The molecule has 168 valence electrons. The van der Waals surface area contributed by atoms with Crippen molar-refractivity contribution in [3.63, 3.8) is 0 Å². The van der Waals surface area contributed by atoms with E-state index < -0.39 is 39.7 Å². The lowest BCUT2D eigenvalue weighted by molar-refractivity contribution is 0.0695. The summed E-state index contributed by atoms with van der Waals surface area (Å²) in [5, 5.41) is 9.01. The number of hydrogen-bond acceptors (Lipinski definition) is 5. The number of fused-ring (bicyclic) bond motifs is 1. The van der Waals surface area contributed by atoms with Crippen molar-refractivity contribution in [1.82, 2.24) is 4.57 Å². The molecule has 1 aliphatic heterocycles. The summed E-state index contributed by atoms with van der Waals surface area (Å²) in [5.41, 5.74) is 9.61. The Hall–Kier alpha value is -2.68. The smallest absolute Gasteiger partial charge is 0.341 e. The van der Waals surface area contributed by atoms with E-state index in [2.05, 4.69) is 0 Å². The largest absolute Gasteiger partial charge is 0.477 e. The Morgan fingerprint density at radius 1 is 1.23 bits per heavy atom. The highest BCUT2D eigenvalue weighted by Crippen LogP contribution is 2.45. The van der Waals surface area contributed by atoms with Crippen molar-refractivity contribution in [2.45, 2.75) is 51.6 Å². The fourth-order valence-electron chi connectivity index (χ4n) is 5.26. The number of anilines is 2. The molecule has 1 aromatic carbocycles. The zero-order valence-electron chi connectivity index (χ0n) is 17.7. The number of benzene rings is 1. The number of rotatable bonds is 6. The van der Waals surface area contributed by atoms with E-state index >= 15 is 8.78 Å². The summed E-state index contributed by atoms with van der Waals surface area (Å²) < 4.78 is 33.0. The Kier molecular flexibility index (Phi) is 5.41. The van der Waals surface area contributed by atoms with E-state index in [1.54, 1.807) is 4.90 Å². The molecule has 31 heavy (non-hydrogen) atoms. The number of aromatic nitrogens is 1. The number of aromatic carboxylic acids is 1. The monoisotopic (exact) mass is 434 g/mol. The summed E-state index contributed by atoms with van der Waals surface area (Å²) in [6.45, 7) is 4.76. The molecule has 3 unspecified atom stereocenters. The predicted octanol–water partition coefficient (Wildman–Crippen LogP) is 3.09. The van der Waals surface area contributed by atoms with Gasteiger partial charge in [-0.15, -0.1) is 0 Å². The van der Waals surface area contributed by atoms with Crippen molar-refractivity contribution in [2.24, 2.45) is 17.6 Å². The van der Waals surface area contributed by atoms with Gasteiger partial charge in [-0.05, 0) is 24.7 Å². The summed E-state index contributed by atoms with van der Waals surface area (Å²) in [7, 11) is 0. The standard InChI is InChI=1S/C22H28F2N4O3/c1-3-10-8-28(14(7-25)12(10)4-2)20-16(23)18(26)15-19(17(20)24)27(11-5-6-11)9-13(21(15)29)22(30)31/h9-12,14H,3-8,25-26H2,1-2H3,(H,30,31). The van der Waals surface area contributed by atoms with E-state index in [9.17, 15) is 14.7 Å². The van der Waals surface area contributed by atoms with Crippen LogP contribution in [-0.4, -0.2) is 34.8 Å². The molecule has 1 aliphatic carbocycles. The summed E-state index contributed by atoms with van der Waals surface area (Å²) in [5.74, 6) is -2.95. The fourth-order valence-corrected chi connectivity index (χ4v) is 5.26. The molecule has 2 aliphatic rings. The Labute approximate surface area is 178 Å². The van der Waals surface area contributed by atoms with Gasteiger partial charge in [0, 0.05) is 31.4 Å². The molecule has 0 radical (unpaired) electrons. The maximum Gasteiger partial charge on any atom is 0.341 e. The SMILES string of the molecule is CCC1CN(c2c(F)c(N)c3c(=O)c(C(=O)O)cn(C4CC4)c3c2F)C(CN)C1CC. The Bertz CT molecular complexity index is 1110.